The van der Waals surface area contributed by atoms with Gasteiger partial charge in [-0.05, 0) is 37.3 Å². The Hall–Kier alpha value is -1.85. The van der Waals surface area contributed by atoms with Gasteiger partial charge in [-0.15, -0.1) is 11.3 Å². The van der Waals surface area contributed by atoms with E-state index in [9.17, 15) is 4.79 Å². The number of hydrogen-bond acceptors (Lipinski definition) is 4. The van der Waals surface area contributed by atoms with E-state index in [-0.39, 0.29) is 5.91 Å². The summed E-state index contributed by atoms with van der Waals surface area (Å²) in [7, 11) is 0. The van der Waals surface area contributed by atoms with E-state index >= 15 is 0 Å². The molecular weight excluding hydrogens is 282 g/mol. The Morgan fingerprint density at radius 1 is 1.14 bits per heavy atom. The van der Waals surface area contributed by atoms with Crippen LogP contribution in [0.2, 0.25) is 0 Å². The number of thiophene rings is 1. The zero-order valence-corrected chi connectivity index (χ0v) is 12.9. The fourth-order valence-corrected chi connectivity index (χ4v) is 3.84. The van der Waals surface area contributed by atoms with Crippen molar-refractivity contribution < 1.29 is 4.79 Å². The normalized spacial score (nSPS) is 13.6. The van der Waals surface area contributed by atoms with Gasteiger partial charge in [0.15, 0.2) is 0 Å². The van der Waals surface area contributed by atoms with Crippen molar-refractivity contribution in [1.82, 2.24) is 4.90 Å². The van der Waals surface area contributed by atoms with Gasteiger partial charge in [-0.25, -0.2) is 0 Å². The Morgan fingerprint density at radius 2 is 1.81 bits per heavy atom. The third-order valence-electron chi connectivity index (χ3n) is 3.73. The summed E-state index contributed by atoms with van der Waals surface area (Å²) >= 11 is 1.59. The molecule has 0 aliphatic heterocycles. The van der Waals surface area contributed by atoms with Gasteiger partial charge in [-0.1, -0.05) is 6.42 Å². The van der Waals surface area contributed by atoms with Crippen LogP contribution in [0.3, 0.4) is 0 Å². The summed E-state index contributed by atoms with van der Waals surface area (Å²) in [4.78, 5) is 16.3. The second kappa shape index (κ2) is 7.81. The Kier molecular flexibility index (Phi) is 5.78. The van der Waals surface area contributed by atoms with Gasteiger partial charge in [0.05, 0.1) is 29.9 Å². The van der Waals surface area contributed by atoms with E-state index in [2.05, 4.69) is 12.1 Å². The Balaban J connectivity index is 2.12. The molecule has 0 aromatic carbocycles. The first kappa shape index (κ1) is 15.5. The lowest BCUT2D eigenvalue weighted by Crippen LogP contribution is -2.32. The SMILES string of the molecule is N#CCCN(CCC#N)C(=O)c1cc2c(s1)CCCCC2. The first-order valence-electron chi connectivity index (χ1n) is 7.41. The maximum atomic E-state index is 12.6. The molecule has 0 bridgehead atoms. The first-order valence-corrected chi connectivity index (χ1v) is 8.22. The van der Waals surface area contributed by atoms with Gasteiger partial charge in [0, 0.05) is 18.0 Å². The van der Waals surface area contributed by atoms with E-state index in [1.54, 1.807) is 16.2 Å². The molecule has 0 atom stereocenters. The molecule has 1 heterocycles. The van der Waals surface area contributed by atoms with E-state index in [0.29, 0.717) is 25.9 Å². The quantitative estimate of drug-likeness (QED) is 0.784. The number of rotatable bonds is 5. The summed E-state index contributed by atoms with van der Waals surface area (Å²) in [6.07, 6.45) is 6.42. The van der Waals surface area contributed by atoms with Crippen molar-refractivity contribution in [2.75, 3.05) is 13.1 Å². The van der Waals surface area contributed by atoms with Gasteiger partial charge < -0.3 is 4.90 Å². The molecule has 0 saturated carbocycles. The molecule has 110 valence electrons. The topological polar surface area (TPSA) is 67.9 Å². The molecule has 4 nitrogen and oxygen atoms in total. The number of carbonyl (C=O) groups excluding carboxylic acids is 1. The van der Waals surface area contributed by atoms with Crippen LogP contribution in [0.25, 0.3) is 0 Å². The Morgan fingerprint density at radius 3 is 2.48 bits per heavy atom. The number of fused-ring (bicyclic) bond motifs is 1. The number of carbonyl (C=O) groups is 1. The highest BCUT2D eigenvalue weighted by molar-refractivity contribution is 7.14. The number of hydrogen-bond donors (Lipinski definition) is 0. The van der Waals surface area contributed by atoms with Crippen LogP contribution in [-0.2, 0) is 12.8 Å². The zero-order chi connectivity index (χ0) is 15.1. The van der Waals surface area contributed by atoms with Crippen molar-refractivity contribution in [3.8, 4) is 12.1 Å². The number of nitriles is 2. The standard InChI is InChI=1S/C16H19N3OS/c17-8-4-10-19(11-5-9-18)16(20)15-12-13-6-2-1-3-7-14(13)21-15/h12H,1-7,10-11H2. The van der Waals surface area contributed by atoms with Crippen molar-refractivity contribution in [3.05, 3.63) is 21.4 Å². The predicted molar refractivity (Wildman–Crippen MR) is 81.9 cm³/mol. The van der Waals surface area contributed by atoms with Crippen molar-refractivity contribution >= 4 is 17.2 Å². The van der Waals surface area contributed by atoms with E-state index in [4.69, 9.17) is 10.5 Å². The zero-order valence-electron chi connectivity index (χ0n) is 12.1. The molecule has 0 spiro atoms. The van der Waals surface area contributed by atoms with Crippen LogP contribution in [0, 0.1) is 22.7 Å². The molecule has 1 aliphatic rings. The Labute approximate surface area is 129 Å². The highest BCUT2D eigenvalue weighted by atomic mass is 32.1. The van der Waals surface area contributed by atoms with E-state index in [0.717, 1.165) is 17.7 Å². The molecular formula is C16H19N3OS. The molecule has 21 heavy (non-hydrogen) atoms. The monoisotopic (exact) mass is 301 g/mol. The van der Waals surface area contributed by atoms with Crippen LogP contribution in [0.1, 0.15) is 52.2 Å². The summed E-state index contributed by atoms with van der Waals surface area (Å²) in [5.41, 5.74) is 1.32. The van der Waals surface area contributed by atoms with Crippen LogP contribution in [0.15, 0.2) is 6.07 Å². The molecule has 1 aliphatic carbocycles. The van der Waals surface area contributed by atoms with Crippen molar-refractivity contribution in [1.29, 1.82) is 10.5 Å². The van der Waals surface area contributed by atoms with Gasteiger partial charge in [0.25, 0.3) is 5.91 Å². The molecule has 0 radical (unpaired) electrons. The van der Waals surface area contributed by atoms with Gasteiger partial charge in [0.1, 0.15) is 0 Å². The smallest absolute Gasteiger partial charge is 0.264 e. The first-order chi connectivity index (χ1) is 10.3. The van der Waals surface area contributed by atoms with Gasteiger partial charge >= 0.3 is 0 Å². The molecule has 1 amide bonds. The Bertz CT molecular complexity index is 538. The number of nitrogens with zero attached hydrogens (tertiary/aromatic N) is 3. The molecule has 1 aromatic rings. The second-order valence-corrected chi connectivity index (χ2v) is 6.36. The molecule has 1 aromatic heterocycles. The third kappa shape index (κ3) is 4.06. The van der Waals surface area contributed by atoms with E-state index < -0.39 is 0 Å². The van der Waals surface area contributed by atoms with Crippen LogP contribution in [0.5, 0.6) is 0 Å². The van der Waals surface area contributed by atoms with Crippen molar-refractivity contribution in [2.45, 2.75) is 44.9 Å². The molecule has 0 saturated heterocycles. The lowest BCUT2D eigenvalue weighted by atomic mass is 10.1. The third-order valence-corrected chi connectivity index (χ3v) is 4.96. The minimum absolute atomic E-state index is 0.0291. The number of aryl methyl sites for hydroxylation is 2. The summed E-state index contributed by atoms with van der Waals surface area (Å²) in [6, 6.07) is 6.16. The molecule has 2 rings (SSSR count). The molecule has 0 unspecified atom stereocenters. The average Bonchev–Trinajstić information content (AvgIpc) is 2.78. The van der Waals surface area contributed by atoms with Crippen LogP contribution >= 0.6 is 11.3 Å². The van der Waals surface area contributed by atoms with Crippen LogP contribution < -0.4 is 0 Å². The summed E-state index contributed by atoms with van der Waals surface area (Å²) in [5.74, 6) is -0.0291. The fraction of sp³-hybridized carbons (Fsp3) is 0.562. The highest BCUT2D eigenvalue weighted by Gasteiger charge is 2.20. The highest BCUT2D eigenvalue weighted by Crippen LogP contribution is 2.29. The van der Waals surface area contributed by atoms with Gasteiger partial charge in [0.2, 0.25) is 0 Å². The van der Waals surface area contributed by atoms with Crippen LogP contribution in [0.4, 0.5) is 0 Å². The minimum Gasteiger partial charge on any atom is -0.336 e. The van der Waals surface area contributed by atoms with Gasteiger partial charge in [-0.3, -0.25) is 4.79 Å². The largest absolute Gasteiger partial charge is 0.336 e. The van der Waals surface area contributed by atoms with Crippen molar-refractivity contribution in [3.63, 3.8) is 0 Å². The average molecular weight is 301 g/mol. The maximum Gasteiger partial charge on any atom is 0.264 e. The summed E-state index contributed by atoms with van der Waals surface area (Å²) in [6.45, 7) is 0.805. The molecule has 0 fully saturated rings. The lowest BCUT2D eigenvalue weighted by Gasteiger charge is -2.19. The predicted octanol–water partition coefficient (Wildman–Crippen LogP) is 3.29. The van der Waals surface area contributed by atoms with Crippen LogP contribution in [-0.4, -0.2) is 23.9 Å². The van der Waals surface area contributed by atoms with E-state index in [1.165, 1.54) is 29.7 Å². The van der Waals surface area contributed by atoms with E-state index in [1.807, 2.05) is 6.07 Å². The summed E-state index contributed by atoms with van der Waals surface area (Å²) in [5, 5.41) is 17.4. The number of amides is 1. The minimum atomic E-state index is -0.0291. The fourth-order valence-electron chi connectivity index (χ4n) is 2.61. The summed E-state index contributed by atoms with van der Waals surface area (Å²) < 4.78 is 0. The molecule has 0 N–H and O–H groups in total. The van der Waals surface area contributed by atoms with Crippen molar-refractivity contribution in [2.24, 2.45) is 0 Å². The lowest BCUT2D eigenvalue weighted by molar-refractivity contribution is 0.0767. The maximum absolute atomic E-state index is 12.6. The van der Waals surface area contributed by atoms with Gasteiger partial charge in [-0.2, -0.15) is 10.5 Å². The molecule has 5 heteroatoms. The second-order valence-electron chi connectivity index (χ2n) is 5.23.